The Morgan fingerprint density at radius 3 is 2.94 bits per heavy atom. The summed E-state index contributed by atoms with van der Waals surface area (Å²) in [5, 5.41) is 0. The van der Waals surface area contributed by atoms with Crippen LogP contribution < -0.4 is 5.56 Å². The van der Waals surface area contributed by atoms with Crippen molar-refractivity contribution in [1.29, 1.82) is 0 Å². The van der Waals surface area contributed by atoms with E-state index in [1.165, 1.54) is 11.9 Å². The van der Waals surface area contributed by atoms with E-state index in [-0.39, 0.29) is 5.56 Å². The minimum Gasteiger partial charge on any atom is -0.313 e. The maximum absolute atomic E-state index is 11.5. The van der Waals surface area contributed by atoms with Crippen LogP contribution in [0.5, 0.6) is 0 Å². The fourth-order valence-electron chi connectivity index (χ4n) is 1.92. The van der Waals surface area contributed by atoms with E-state index < -0.39 is 0 Å². The lowest BCUT2D eigenvalue weighted by molar-refractivity contribution is 0.922. The van der Waals surface area contributed by atoms with Crippen molar-refractivity contribution in [2.75, 3.05) is 0 Å². The van der Waals surface area contributed by atoms with Gasteiger partial charge in [0.1, 0.15) is 0 Å². The van der Waals surface area contributed by atoms with Gasteiger partial charge in [-0.2, -0.15) is 0 Å². The zero-order chi connectivity index (χ0) is 12.3. The van der Waals surface area contributed by atoms with Crippen molar-refractivity contribution in [3.05, 3.63) is 52.1 Å². The van der Waals surface area contributed by atoms with Gasteiger partial charge < -0.3 is 4.98 Å². The van der Waals surface area contributed by atoms with E-state index in [0.29, 0.717) is 5.56 Å². The Kier molecular flexibility index (Phi) is 3.38. The van der Waals surface area contributed by atoms with Crippen molar-refractivity contribution >= 4 is 0 Å². The number of hydrogen-bond donors (Lipinski definition) is 1. The summed E-state index contributed by atoms with van der Waals surface area (Å²) in [4.78, 5) is 18.4. The molecule has 0 aliphatic heterocycles. The lowest BCUT2D eigenvalue weighted by Gasteiger charge is -2.05. The van der Waals surface area contributed by atoms with Crippen LogP contribution in [0.25, 0.3) is 11.3 Å². The van der Waals surface area contributed by atoms with Crippen LogP contribution in [0.2, 0.25) is 0 Å². The zero-order valence-electron chi connectivity index (χ0n) is 10.2. The smallest absolute Gasteiger partial charge is 0.254 e. The Labute approximate surface area is 101 Å². The Hall–Kier alpha value is -1.90. The zero-order valence-corrected chi connectivity index (χ0v) is 10.2. The van der Waals surface area contributed by atoms with Gasteiger partial charge in [-0.1, -0.05) is 31.5 Å². The molecule has 0 aliphatic rings. The van der Waals surface area contributed by atoms with Crippen LogP contribution in [0.4, 0.5) is 0 Å². The van der Waals surface area contributed by atoms with E-state index in [1.54, 1.807) is 6.92 Å². The van der Waals surface area contributed by atoms with Gasteiger partial charge in [0.15, 0.2) is 0 Å². The fraction of sp³-hybridized carbons (Fsp3) is 0.286. The highest BCUT2D eigenvalue weighted by Gasteiger charge is 2.06. The SMILES string of the molecule is CCCc1cccc(-c2nc[nH]c(=O)c2C)c1. The molecule has 3 heteroatoms. The largest absolute Gasteiger partial charge is 0.313 e. The molecule has 0 atom stereocenters. The van der Waals surface area contributed by atoms with Crippen molar-refractivity contribution in [1.82, 2.24) is 9.97 Å². The summed E-state index contributed by atoms with van der Waals surface area (Å²) in [5.74, 6) is 0. The molecule has 0 bridgehead atoms. The molecule has 1 heterocycles. The van der Waals surface area contributed by atoms with Gasteiger partial charge in [-0.05, 0) is 25.0 Å². The standard InChI is InChI=1S/C14H16N2O/c1-3-5-11-6-4-7-12(8-11)13-10(2)14(17)16-9-15-13/h4,6-9H,3,5H2,1-2H3,(H,15,16,17). The second-order valence-electron chi connectivity index (χ2n) is 4.16. The minimum atomic E-state index is -0.0732. The van der Waals surface area contributed by atoms with Crippen LogP contribution in [-0.4, -0.2) is 9.97 Å². The maximum Gasteiger partial charge on any atom is 0.254 e. The highest BCUT2D eigenvalue weighted by atomic mass is 16.1. The monoisotopic (exact) mass is 228 g/mol. The third-order valence-corrected chi connectivity index (χ3v) is 2.82. The van der Waals surface area contributed by atoms with E-state index in [2.05, 4.69) is 29.0 Å². The molecule has 0 aliphatic carbocycles. The van der Waals surface area contributed by atoms with Gasteiger partial charge in [-0.15, -0.1) is 0 Å². The van der Waals surface area contributed by atoms with Crippen LogP contribution in [-0.2, 0) is 6.42 Å². The van der Waals surface area contributed by atoms with Gasteiger partial charge in [-0.25, -0.2) is 4.98 Å². The molecule has 2 aromatic rings. The van der Waals surface area contributed by atoms with Gasteiger partial charge in [0.2, 0.25) is 0 Å². The van der Waals surface area contributed by atoms with Gasteiger partial charge >= 0.3 is 0 Å². The highest BCUT2D eigenvalue weighted by molar-refractivity contribution is 5.62. The highest BCUT2D eigenvalue weighted by Crippen LogP contribution is 2.19. The number of aromatic nitrogens is 2. The lowest BCUT2D eigenvalue weighted by atomic mass is 10.0. The van der Waals surface area contributed by atoms with Crippen LogP contribution in [0.3, 0.4) is 0 Å². The van der Waals surface area contributed by atoms with Gasteiger partial charge in [0.05, 0.1) is 12.0 Å². The predicted molar refractivity (Wildman–Crippen MR) is 69.0 cm³/mol. The Morgan fingerprint density at radius 2 is 2.18 bits per heavy atom. The number of benzene rings is 1. The third-order valence-electron chi connectivity index (χ3n) is 2.82. The Balaban J connectivity index is 2.49. The molecule has 0 amide bonds. The first-order valence-electron chi connectivity index (χ1n) is 5.86. The number of rotatable bonds is 3. The van der Waals surface area contributed by atoms with E-state index >= 15 is 0 Å². The quantitative estimate of drug-likeness (QED) is 0.877. The Morgan fingerprint density at radius 1 is 1.35 bits per heavy atom. The number of aryl methyl sites for hydroxylation is 1. The summed E-state index contributed by atoms with van der Waals surface area (Å²) in [6.07, 6.45) is 3.62. The first-order chi connectivity index (χ1) is 8.22. The first-order valence-corrected chi connectivity index (χ1v) is 5.86. The molecule has 88 valence electrons. The third kappa shape index (κ3) is 2.44. The van der Waals surface area contributed by atoms with Gasteiger partial charge in [-0.3, -0.25) is 4.79 Å². The number of hydrogen-bond acceptors (Lipinski definition) is 2. The van der Waals surface area contributed by atoms with Crippen LogP contribution in [0.1, 0.15) is 24.5 Å². The Bertz CT molecular complexity index is 572. The molecule has 1 aromatic carbocycles. The van der Waals surface area contributed by atoms with Crippen LogP contribution in [0.15, 0.2) is 35.4 Å². The fourth-order valence-corrected chi connectivity index (χ4v) is 1.92. The summed E-state index contributed by atoms with van der Waals surface area (Å²) in [7, 11) is 0. The van der Waals surface area contributed by atoms with Crippen molar-refractivity contribution in [2.24, 2.45) is 0 Å². The molecule has 0 saturated carbocycles. The number of H-pyrrole nitrogens is 1. The molecule has 1 N–H and O–H groups in total. The van der Waals surface area contributed by atoms with Gasteiger partial charge in [0, 0.05) is 11.1 Å². The summed E-state index contributed by atoms with van der Waals surface area (Å²) < 4.78 is 0. The van der Waals surface area contributed by atoms with E-state index in [0.717, 1.165) is 24.1 Å². The van der Waals surface area contributed by atoms with Crippen LogP contribution >= 0.6 is 0 Å². The van der Waals surface area contributed by atoms with Crippen molar-refractivity contribution in [3.63, 3.8) is 0 Å². The van der Waals surface area contributed by atoms with E-state index in [4.69, 9.17) is 0 Å². The molecule has 0 fully saturated rings. The summed E-state index contributed by atoms with van der Waals surface area (Å²) in [6, 6.07) is 8.23. The van der Waals surface area contributed by atoms with Crippen molar-refractivity contribution < 1.29 is 0 Å². The van der Waals surface area contributed by atoms with E-state index in [9.17, 15) is 4.79 Å². The summed E-state index contributed by atoms with van der Waals surface area (Å²) in [5.41, 5.74) is 3.66. The number of nitrogens with zero attached hydrogens (tertiary/aromatic N) is 1. The molecule has 17 heavy (non-hydrogen) atoms. The molecule has 0 spiro atoms. The predicted octanol–water partition coefficient (Wildman–Crippen LogP) is 2.70. The molecule has 0 saturated heterocycles. The summed E-state index contributed by atoms with van der Waals surface area (Å²) in [6.45, 7) is 3.96. The molecule has 2 rings (SSSR count). The van der Waals surface area contributed by atoms with Gasteiger partial charge in [0.25, 0.3) is 5.56 Å². The first kappa shape index (κ1) is 11.6. The van der Waals surface area contributed by atoms with Crippen LogP contribution in [0, 0.1) is 6.92 Å². The summed E-state index contributed by atoms with van der Waals surface area (Å²) >= 11 is 0. The molecule has 0 radical (unpaired) electrons. The minimum absolute atomic E-state index is 0.0732. The second-order valence-corrected chi connectivity index (χ2v) is 4.16. The normalized spacial score (nSPS) is 10.5. The second kappa shape index (κ2) is 4.95. The molecule has 1 aromatic heterocycles. The molecular weight excluding hydrogens is 212 g/mol. The van der Waals surface area contributed by atoms with Crippen molar-refractivity contribution in [3.8, 4) is 11.3 Å². The maximum atomic E-state index is 11.5. The molecule has 3 nitrogen and oxygen atoms in total. The topological polar surface area (TPSA) is 45.8 Å². The number of nitrogens with one attached hydrogen (secondary N) is 1. The van der Waals surface area contributed by atoms with Crippen molar-refractivity contribution in [2.45, 2.75) is 26.7 Å². The number of aromatic amines is 1. The molecular formula is C14H16N2O. The average molecular weight is 228 g/mol. The lowest BCUT2D eigenvalue weighted by Crippen LogP contribution is -2.11. The molecule has 0 unspecified atom stereocenters. The average Bonchev–Trinajstić information content (AvgIpc) is 2.33. The van der Waals surface area contributed by atoms with E-state index in [1.807, 2.05) is 12.1 Å².